The highest BCUT2D eigenvalue weighted by Gasteiger charge is 2.10. The van der Waals surface area contributed by atoms with Crippen molar-refractivity contribution in [2.45, 2.75) is 0 Å². The molecule has 0 aliphatic rings. The van der Waals surface area contributed by atoms with E-state index in [1.54, 1.807) is 54.6 Å². The Balaban J connectivity index is 1.64. The van der Waals surface area contributed by atoms with Crippen LogP contribution in [0.15, 0.2) is 76.4 Å². The largest absolute Gasteiger partial charge is 0.459 e. The summed E-state index contributed by atoms with van der Waals surface area (Å²) in [5.41, 5.74) is 4.02. The molecule has 0 aliphatic heterocycles. The van der Waals surface area contributed by atoms with Crippen LogP contribution in [0.25, 0.3) is 0 Å². The summed E-state index contributed by atoms with van der Waals surface area (Å²) in [5, 5.41) is 7.02. The van der Waals surface area contributed by atoms with Gasteiger partial charge in [-0.1, -0.05) is 35.9 Å². The van der Waals surface area contributed by atoms with E-state index >= 15 is 0 Å². The molecule has 0 saturated heterocycles. The van der Waals surface area contributed by atoms with E-state index in [4.69, 9.17) is 16.0 Å². The fourth-order valence-electron chi connectivity index (χ4n) is 2.17. The number of furan rings is 1. The predicted molar refractivity (Wildman–Crippen MR) is 99.6 cm³/mol. The van der Waals surface area contributed by atoms with Crippen LogP contribution in [0.2, 0.25) is 5.02 Å². The standard InChI is InChI=1S/C19H14ClN3O3/c20-16-8-2-1-7-15(16)18(24)22-14-6-3-5-13(11-14)12-21-23-19(25)17-9-4-10-26-17/h1-12H,(H,22,24)(H,23,25)/b21-12-. The lowest BCUT2D eigenvalue weighted by Crippen LogP contribution is -2.16. The summed E-state index contributed by atoms with van der Waals surface area (Å²) in [4.78, 5) is 24.0. The van der Waals surface area contributed by atoms with Crippen molar-refractivity contribution >= 4 is 35.3 Å². The van der Waals surface area contributed by atoms with E-state index in [-0.39, 0.29) is 11.7 Å². The van der Waals surface area contributed by atoms with Crippen LogP contribution in [-0.4, -0.2) is 18.0 Å². The third-order valence-electron chi connectivity index (χ3n) is 3.39. The first kappa shape index (κ1) is 17.4. The average Bonchev–Trinajstić information content (AvgIpc) is 3.17. The van der Waals surface area contributed by atoms with Gasteiger partial charge in [0.1, 0.15) is 0 Å². The zero-order valence-electron chi connectivity index (χ0n) is 13.5. The van der Waals surface area contributed by atoms with Crippen LogP contribution >= 0.6 is 11.6 Å². The molecule has 3 rings (SSSR count). The number of hydrogen-bond donors (Lipinski definition) is 2. The van der Waals surface area contributed by atoms with Gasteiger partial charge in [-0.25, -0.2) is 5.43 Å². The molecule has 0 atom stereocenters. The minimum Gasteiger partial charge on any atom is -0.459 e. The van der Waals surface area contributed by atoms with Crippen molar-refractivity contribution in [2.75, 3.05) is 5.32 Å². The number of halogens is 1. The van der Waals surface area contributed by atoms with Crippen LogP contribution in [0.5, 0.6) is 0 Å². The number of anilines is 1. The van der Waals surface area contributed by atoms with Gasteiger partial charge >= 0.3 is 5.91 Å². The normalized spacial score (nSPS) is 10.7. The Hall–Kier alpha value is -3.38. The van der Waals surface area contributed by atoms with Gasteiger partial charge in [-0.05, 0) is 42.0 Å². The Morgan fingerprint density at radius 3 is 2.62 bits per heavy atom. The highest BCUT2D eigenvalue weighted by Crippen LogP contribution is 2.17. The van der Waals surface area contributed by atoms with E-state index in [9.17, 15) is 9.59 Å². The molecule has 2 N–H and O–H groups in total. The summed E-state index contributed by atoms with van der Waals surface area (Å²) in [5.74, 6) is -0.590. The third-order valence-corrected chi connectivity index (χ3v) is 3.72. The summed E-state index contributed by atoms with van der Waals surface area (Å²) in [7, 11) is 0. The van der Waals surface area contributed by atoms with E-state index in [1.807, 2.05) is 0 Å². The molecule has 0 bridgehead atoms. The molecule has 6 nitrogen and oxygen atoms in total. The Morgan fingerprint density at radius 2 is 1.85 bits per heavy atom. The molecule has 2 amide bonds. The second-order valence-corrected chi connectivity index (χ2v) is 5.64. The molecule has 0 aliphatic carbocycles. The molecule has 0 saturated carbocycles. The molecule has 130 valence electrons. The third kappa shape index (κ3) is 4.37. The molecule has 1 aromatic heterocycles. The smallest absolute Gasteiger partial charge is 0.307 e. The minimum atomic E-state index is -0.450. The lowest BCUT2D eigenvalue weighted by Gasteiger charge is -2.07. The van der Waals surface area contributed by atoms with Crippen molar-refractivity contribution in [3.05, 3.63) is 88.8 Å². The van der Waals surface area contributed by atoms with Gasteiger partial charge in [0.25, 0.3) is 5.91 Å². The van der Waals surface area contributed by atoms with Crippen LogP contribution in [0, 0.1) is 0 Å². The number of nitrogens with one attached hydrogen (secondary N) is 2. The molecule has 2 aromatic carbocycles. The van der Waals surface area contributed by atoms with Crippen LogP contribution in [0.1, 0.15) is 26.5 Å². The summed E-state index contributed by atoms with van der Waals surface area (Å²) in [6, 6.07) is 17.0. The van der Waals surface area contributed by atoms with Gasteiger partial charge in [0.05, 0.1) is 23.1 Å². The number of amides is 2. The number of nitrogens with zero attached hydrogens (tertiary/aromatic N) is 1. The molecular weight excluding hydrogens is 354 g/mol. The second kappa shape index (κ2) is 8.13. The van der Waals surface area contributed by atoms with Crippen molar-refractivity contribution < 1.29 is 14.0 Å². The molecule has 0 spiro atoms. The Kier molecular flexibility index (Phi) is 5.46. The van der Waals surface area contributed by atoms with Crippen molar-refractivity contribution in [1.82, 2.24) is 5.43 Å². The first-order valence-corrected chi connectivity index (χ1v) is 8.04. The van der Waals surface area contributed by atoms with Crippen molar-refractivity contribution in [2.24, 2.45) is 5.10 Å². The first-order chi connectivity index (χ1) is 12.6. The monoisotopic (exact) mass is 367 g/mol. The van der Waals surface area contributed by atoms with Gasteiger partial charge in [0.15, 0.2) is 5.76 Å². The van der Waals surface area contributed by atoms with E-state index in [0.717, 1.165) is 0 Å². The lowest BCUT2D eigenvalue weighted by atomic mass is 10.2. The molecule has 0 radical (unpaired) electrons. The molecular formula is C19H14ClN3O3. The molecule has 3 aromatic rings. The Bertz CT molecular complexity index is 952. The van der Waals surface area contributed by atoms with Gasteiger partial charge in [0, 0.05) is 5.69 Å². The zero-order valence-corrected chi connectivity index (χ0v) is 14.2. The van der Waals surface area contributed by atoms with Gasteiger partial charge in [-0.3, -0.25) is 9.59 Å². The number of hydrogen-bond acceptors (Lipinski definition) is 4. The maximum Gasteiger partial charge on any atom is 0.307 e. The summed E-state index contributed by atoms with van der Waals surface area (Å²) in [6.45, 7) is 0. The molecule has 26 heavy (non-hydrogen) atoms. The first-order valence-electron chi connectivity index (χ1n) is 7.66. The fraction of sp³-hybridized carbons (Fsp3) is 0. The number of carbonyl (C=O) groups excluding carboxylic acids is 2. The maximum atomic E-state index is 12.3. The molecule has 7 heteroatoms. The fourth-order valence-corrected chi connectivity index (χ4v) is 2.39. The lowest BCUT2D eigenvalue weighted by molar-refractivity contribution is 0.0927. The van der Waals surface area contributed by atoms with Gasteiger partial charge < -0.3 is 9.73 Å². The average molecular weight is 368 g/mol. The summed E-state index contributed by atoms with van der Waals surface area (Å²) in [6.07, 6.45) is 2.87. The quantitative estimate of drug-likeness (QED) is 0.529. The zero-order chi connectivity index (χ0) is 18.4. The molecule has 1 heterocycles. The predicted octanol–water partition coefficient (Wildman–Crippen LogP) is 3.95. The van der Waals surface area contributed by atoms with Crippen LogP contribution in [0.3, 0.4) is 0 Å². The van der Waals surface area contributed by atoms with Crippen LogP contribution < -0.4 is 10.7 Å². The van der Waals surface area contributed by atoms with Gasteiger partial charge in [-0.15, -0.1) is 0 Å². The van der Waals surface area contributed by atoms with Crippen molar-refractivity contribution in [3.63, 3.8) is 0 Å². The Morgan fingerprint density at radius 1 is 1.00 bits per heavy atom. The summed E-state index contributed by atoms with van der Waals surface area (Å²) >= 11 is 6.03. The van der Waals surface area contributed by atoms with E-state index < -0.39 is 5.91 Å². The van der Waals surface area contributed by atoms with Crippen LogP contribution in [0.4, 0.5) is 5.69 Å². The van der Waals surface area contributed by atoms with Crippen molar-refractivity contribution in [3.8, 4) is 0 Å². The maximum absolute atomic E-state index is 12.3. The minimum absolute atomic E-state index is 0.169. The number of rotatable bonds is 5. The van der Waals surface area contributed by atoms with Gasteiger partial charge in [-0.2, -0.15) is 5.10 Å². The molecule has 0 unspecified atom stereocenters. The molecule has 0 fully saturated rings. The number of hydrazone groups is 1. The topological polar surface area (TPSA) is 83.7 Å². The van der Waals surface area contributed by atoms with E-state index in [0.29, 0.717) is 21.8 Å². The van der Waals surface area contributed by atoms with Crippen molar-refractivity contribution in [1.29, 1.82) is 0 Å². The van der Waals surface area contributed by atoms with E-state index in [2.05, 4.69) is 15.8 Å². The second-order valence-electron chi connectivity index (χ2n) is 5.24. The SMILES string of the molecule is O=C(N/N=C\c1cccc(NC(=O)c2ccccc2Cl)c1)c1ccco1. The Labute approximate surface area is 154 Å². The summed E-state index contributed by atoms with van der Waals surface area (Å²) < 4.78 is 4.97. The number of carbonyl (C=O) groups is 2. The highest BCUT2D eigenvalue weighted by molar-refractivity contribution is 6.34. The van der Waals surface area contributed by atoms with Gasteiger partial charge in [0.2, 0.25) is 0 Å². The number of benzene rings is 2. The van der Waals surface area contributed by atoms with Crippen LogP contribution in [-0.2, 0) is 0 Å². The highest BCUT2D eigenvalue weighted by atomic mass is 35.5. The van der Waals surface area contributed by atoms with E-state index in [1.165, 1.54) is 18.5 Å².